The van der Waals surface area contributed by atoms with E-state index in [0.29, 0.717) is 17.0 Å². The fourth-order valence-electron chi connectivity index (χ4n) is 2.66. The van der Waals surface area contributed by atoms with Gasteiger partial charge in [0.05, 0.1) is 5.56 Å². The van der Waals surface area contributed by atoms with Crippen LogP contribution >= 0.6 is 27.5 Å². The molecule has 0 aliphatic rings. The van der Waals surface area contributed by atoms with Gasteiger partial charge in [-0.15, -0.1) is 0 Å². The SMILES string of the molecule is FC(F)(F)c1c(CCc2ccc(Cl)cc2)[nH]c2cc(Br)ccc12. The van der Waals surface area contributed by atoms with Gasteiger partial charge in [0.1, 0.15) is 0 Å². The number of benzene rings is 2. The van der Waals surface area contributed by atoms with E-state index in [1.54, 1.807) is 24.3 Å². The Morgan fingerprint density at radius 2 is 1.70 bits per heavy atom. The van der Waals surface area contributed by atoms with E-state index in [4.69, 9.17) is 11.6 Å². The first-order valence-corrected chi connectivity index (χ1v) is 8.13. The second-order valence-electron chi connectivity index (χ2n) is 5.29. The van der Waals surface area contributed by atoms with Crippen LogP contribution in [0.5, 0.6) is 0 Å². The van der Waals surface area contributed by atoms with Gasteiger partial charge in [0.2, 0.25) is 0 Å². The summed E-state index contributed by atoms with van der Waals surface area (Å²) in [6.07, 6.45) is -3.60. The molecule has 2 aromatic carbocycles. The molecule has 0 spiro atoms. The molecule has 120 valence electrons. The van der Waals surface area contributed by atoms with Crippen LogP contribution in [0.25, 0.3) is 10.9 Å². The molecule has 1 nitrogen and oxygen atoms in total. The Kier molecular flexibility index (Phi) is 4.43. The van der Waals surface area contributed by atoms with Crippen molar-refractivity contribution in [2.45, 2.75) is 19.0 Å². The molecule has 23 heavy (non-hydrogen) atoms. The van der Waals surface area contributed by atoms with Crippen LogP contribution in [-0.2, 0) is 19.0 Å². The normalized spacial score (nSPS) is 12.0. The van der Waals surface area contributed by atoms with Crippen LogP contribution < -0.4 is 0 Å². The lowest BCUT2D eigenvalue weighted by Gasteiger charge is -2.09. The van der Waals surface area contributed by atoms with E-state index >= 15 is 0 Å². The number of alkyl halides is 3. The van der Waals surface area contributed by atoms with Crippen molar-refractivity contribution in [1.29, 1.82) is 0 Å². The van der Waals surface area contributed by atoms with Gasteiger partial charge in [-0.05, 0) is 42.7 Å². The predicted octanol–water partition coefficient (Wildman–Crippen LogP) is 6.39. The van der Waals surface area contributed by atoms with E-state index in [0.717, 1.165) is 10.0 Å². The summed E-state index contributed by atoms with van der Waals surface area (Å²) in [4.78, 5) is 2.92. The van der Waals surface area contributed by atoms with Crippen molar-refractivity contribution in [2.75, 3.05) is 0 Å². The molecule has 3 aromatic rings. The van der Waals surface area contributed by atoms with E-state index in [-0.39, 0.29) is 17.5 Å². The lowest BCUT2D eigenvalue weighted by molar-refractivity contribution is -0.136. The first-order valence-electron chi connectivity index (χ1n) is 6.96. The van der Waals surface area contributed by atoms with Crippen molar-refractivity contribution in [2.24, 2.45) is 0 Å². The quantitative estimate of drug-likeness (QED) is 0.522. The standard InChI is InChI=1S/C17H12BrClF3N/c18-11-4-7-13-15(9-11)23-14(16(13)17(20,21)22)8-3-10-1-5-12(19)6-2-10/h1-2,4-7,9,23H,3,8H2. The Morgan fingerprint density at radius 1 is 1.00 bits per heavy atom. The van der Waals surface area contributed by atoms with Crippen LogP contribution in [-0.4, -0.2) is 4.98 Å². The summed E-state index contributed by atoms with van der Waals surface area (Å²) in [5, 5.41) is 0.812. The van der Waals surface area contributed by atoms with Crippen LogP contribution in [0.1, 0.15) is 16.8 Å². The molecule has 0 aliphatic heterocycles. The number of fused-ring (bicyclic) bond motifs is 1. The Bertz CT molecular complexity index is 837. The molecule has 0 radical (unpaired) electrons. The minimum atomic E-state index is -4.39. The fraction of sp³-hybridized carbons (Fsp3) is 0.176. The molecule has 0 unspecified atom stereocenters. The third-order valence-electron chi connectivity index (χ3n) is 3.70. The highest BCUT2D eigenvalue weighted by atomic mass is 79.9. The number of halogens is 5. The number of hydrogen-bond acceptors (Lipinski definition) is 0. The largest absolute Gasteiger partial charge is 0.418 e. The minimum absolute atomic E-state index is 0.201. The average Bonchev–Trinajstić information content (AvgIpc) is 2.84. The van der Waals surface area contributed by atoms with Crippen molar-refractivity contribution in [3.63, 3.8) is 0 Å². The fourth-order valence-corrected chi connectivity index (χ4v) is 3.14. The maximum atomic E-state index is 13.4. The molecule has 6 heteroatoms. The smallest absolute Gasteiger partial charge is 0.358 e. The van der Waals surface area contributed by atoms with Gasteiger partial charge in [-0.25, -0.2) is 0 Å². The molecule has 0 saturated carbocycles. The summed E-state index contributed by atoms with van der Waals surface area (Å²) in [5.41, 5.74) is 1.06. The maximum Gasteiger partial charge on any atom is 0.418 e. The molecule has 1 aromatic heterocycles. The van der Waals surface area contributed by atoms with Crippen molar-refractivity contribution < 1.29 is 13.2 Å². The van der Waals surface area contributed by atoms with Crippen LogP contribution in [0.4, 0.5) is 13.2 Å². The zero-order valence-electron chi connectivity index (χ0n) is 11.8. The van der Waals surface area contributed by atoms with E-state index in [2.05, 4.69) is 20.9 Å². The number of aryl methyl sites for hydroxylation is 2. The van der Waals surface area contributed by atoms with Gasteiger partial charge in [-0.3, -0.25) is 0 Å². The lowest BCUT2D eigenvalue weighted by atomic mass is 10.0. The van der Waals surface area contributed by atoms with Gasteiger partial charge in [0, 0.05) is 26.1 Å². The number of rotatable bonds is 3. The van der Waals surface area contributed by atoms with Crippen LogP contribution in [0.15, 0.2) is 46.9 Å². The first-order chi connectivity index (χ1) is 10.8. The van der Waals surface area contributed by atoms with E-state index in [1.807, 2.05) is 12.1 Å². The lowest BCUT2D eigenvalue weighted by Crippen LogP contribution is -2.08. The number of hydrogen-bond donors (Lipinski definition) is 1. The average molecular weight is 403 g/mol. The highest BCUT2D eigenvalue weighted by molar-refractivity contribution is 9.10. The Labute approximate surface area is 144 Å². The molecule has 0 atom stereocenters. The number of aromatic nitrogens is 1. The number of H-pyrrole nitrogens is 1. The Balaban J connectivity index is 1.97. The van der Waals surface area contributed by atoms with Crippen LogP contribution in [0, 0.1) is 0 Å². The van der Waals surface area contributed by atoms with E-state index in [1.165, 1.54) is 6.07 Å². The molecule has 3 rings (SSSR count). The highest BCUT2D eigenvalue weighted by Crippen LogP contribution is 2.38. The third-order valence-corrected chi connectivity index (χ3v) is 4.44. The molecule has 1 heterocycles. The molecule has 0 amide bonds. The molecule has 0 saturated heterocycles. The molecule has 1 N–H and O–H groups in total. The first kappa shape index (κ1) is 16.4. The second kappa shape index (κ2) is 6.21. The number of nitrogens with one attached hydrogen (secondary N) is 1. The van der Waals surface area contributed by atoms with Crippen molar-refractivity contribution in [1.82, 2.24) is 4.98 Å². The van der Waals surface area contributed by atoms with Crippen LogP contribution in [0.2, 0.25) is 5.02 Å². The van der Waals surface area contributed by atoms with Gasteiger partial charge in [-0.2, -0.15) is 13.2 Å². The highest BCUT2D eigenvalue weighted by Gasteiger charge is 2.36. The second-order valence-corrected chi connectivity index (χ2v) is 6.64. The zero-order valence-corrected chi connectivity index (χ0v) is 14.2. The summed E-state index contributed by atoms with van der Waals surface area (Å²) < 4.78 is 41.1. The molecular weight excluding hydrogens is 391 g/mol. The monoisotopic (exact) mass is 401 g/mol. The summed E-state index contributed by atoms with van der Waals surface area (Å²) in [7, 11) is 0. The molecule has 0 bridgehead atoms. The van der Waals surface area contributed by atoms with E-state index < -0.39 is 11.7 Å². The minimum Gasteiger partial charge on any atom is -0.358 e. The Hall–Kier alpha value is -1.46. The van der Waals surface area contributed by atoms with Gasteiger partial charge in [0.15, 0.2) is 0 Å². The third kappa shape index (κ3) is 3.56. The van der Waals surface area contributed by atoms with Crippen molar-refractivity contribution >= 4 is 38.4 Å². The van der Waals surface area contributed by atoms with E-state index in [9.17, 15) is 13.2 Å². The predicted molar refractivity (Wildman–Crippen MR) is 89.9 cm³/mol. The summed E-state index contributed by atoms with van der Waals surface area (Å²) in [5.74, 6) is 0. The zero-order chi connectivity index (χ0) is 16.6. The van der Waals surface area contributed by atoms with Crippen molar-refractivity contribution in [3.8, 4) is 0 Å². The Morgan fingerprint density at radius 3 is 2.35 bits per heavy atom. The molecule has 0 aliphatic carbocycles. The van der Waals surface area contributed by atoms with Gasteiger partial charge in [-0.1, -0.05) is 45.7 Å². The summed E-state index contributed by atoms with van der Waals surface area (Å²) in [6.45, 7) is 0. The molecule has 0 fully saturated rings. The van der Waals surface area contributed by atoms with Gasteiger partial charge in [0.25, 0.3) is 0 Å². The topological polar surface area (TPSA) is 15.8 Å². The van der Waals surface area contributed by atoms with Gasteiger partial charge >= 0.3 is 6.18 Å². The summed E-state index contributed by atoms with van der Waals surface area (Å²) >= 11 is 9.11. The van der Waals surface area contributed by atoms with Crippen molar-refractivity contribution in [3.05, 3.63) is 68.8 Å². The maximum absolute atomic E-state index is 13.4. The molecular formula is C17H12BrClF3N. The van der Waals surface area contributed by atoms with Crippen LogP contribution in [0.3, 0.4) is 0 Å². The van der Waals surface area contributed by atoms with Gasteiger partial charge < -0.3 is 4.98 Å². The number of aromatic amines is 1. The summed E-state index contributed by atoms with van der Waals surface area (Å²) in [6, 6.07) is 11.9.